The lowest BCUT2D eigenvalue weighted by Crippen LogP contribution is -2.47. The van der Waals surface area contributed by atoms with Crippen LogP contribution in [0.5, 0.6) is 0 Å². The Morgan fingerprint density at radius 2 is 2.08 bits per heavy atom. The molecule has 1 saturated carbocycles. The third-order valence-electron chi connectivity index (χ3n) is 4.56. The smallest absolute Gasteiger partial charge is 0.415 e. The number of anilines is 1. The van der Waals surface area contributed by atoms with Gasteiger partial charge in [-0.05, 0) is 58.6 Å². The van der Waals surface area contributed by atoms with Crippen LogP contribution in [0.4, 0.5) is 10.5 Å². The summed E-state index contributed by atoms with van der Waals surface area (Å²) in [6.45, 7) is 5.67. The molecule has 5 heteroatoms. The van der Waals surface area contributed by atoms with E-state index in [1.807, 2.05) is 56.1 Å². The molecular weight excluding hydrogens is 314 g/mol. The summed E-state index contributed by atoms with van der Waals surface area (Å²) in [6.07, 6.45) is 7.03. The fourth-order valence-corrected chi connectivity index (χ4v) is 3.51. The highest BCUT2D eigenvalue weighted by atomic mass is 16.6. The zero-order chi connectivity index (χ0) is 18.0. The van der Waals surface area contributed by atoms with E-state index >= 15 is 0 Å². The van der Waals surface area contributed by atoms with Crippen LogP contribution in [-0.2, 0) is 4.74 Å². The zero-order valence-electron chi connectivity index (χ0n) is 15.2. The molecule has 1 aromatic carbocycles. The minimum Gasteiger partial charge on any atom is -0.443 e. The van der Waals surface area contributed by atoms with Gasteiger partial charge in [-0.3, -0.25) is 9.88 Å². The van der Waals surface area contributed by atoms with E-state index in [0.717, 1.165) is 42.1 Å². The second kappa shape index (κ2) is 7.00. The molecule has 1 aliphatic carbocycles. The first-order valence-electron chi connectivity index (χ1n) is 8.96. The van der Waals surface area contributed by atoms with Crippen LogP contribution in [0.25, 0.3) is 10.8 Å². The van der Waals surface area contributed by atoms with Crippen molar-refractivity contribution in [2.75, 3.05) is 4.90 Å². The molecule has 3 rings (SSSR count). The number of rotatable bonds is 2. The van der Waals surface area contributed by atoms with Crippen LogP contribution < -0.4 is 10.6 Å². The Bertz CT molecular complexity index is 749. The summed E-state index contributed by atoms with van der Waals surface area (Å²) in [5.41, 5.74) is 6.52. The highest BCUT2D eigenvalue weighted by Crippen LogP contribution is 2.33. The lowest BCUT2D eigenvalue weighted by atomic mass is 9.90. The summed E-state index contributed by atoms with van der Waals surface area (Å²) in [4.78, 5) is 19.1. The van der Waals surface area contributed by atoms with E-state index in [1.54, 1.807) is 6.20 Å². The lowest BCUT2D eigenvalue weighted by molar-refractivity contribution is 0.0557. The molecule has 1 aromatic heterocycles. The van der Waals surface area contributed by atoms with Gasteiger partial charge in [-0.2, -0.15) is 0 Å². The largest absolute Gasteiger partial charge is 0.443 e. The van der Waals surface area contributed by atoms with Gasteiger partial charge < -0.3 is 10.5 Å². The number of nitrogens with zero attached hydrogens (tertiary/aromatic N) is 2. The molecule has 0 saturated heterocycles. The first kappa shape index (κ1) is 17.7. The molecule has 2 atom stereocenters. The van der Waals surface area contributed by atoms with Crippen LogP contribution in [0.1, 0.15) is 46.5 Å². The van der Waals surface area contributed by atoms with Crippen LogP contribution in [0.3, 0.4) is 0 Å². The minimum atomic E-state index is -0.543. The Kier molecular flexibility index (Phi) is 4.95. The third-order valence-corrected chi connectivity index (χ3v) is 4.56. The molecule has 0 spiro atoms. The Labute approximate surface area is 149 Å². The predicted molar refractivity (Wildman–Crippen MR) is 101 cm³/mol. The summed E-state index contributed by atoms with van der Waals surface area (Å²) >= 11 is 0. The number of fused-ring (bicyclic) bond motifs is 1. The summed E-state index contributed by atoms with van der Waals surface area (Å²) in [7, 11) is 0. The molecule has 0 aliphatic heterocycles. The molecule has 5 nitrogen and oxygen atoms in total. The van der Waals surface area contributed by atoms with Gasteiger partial charge in [-0.1, -0.05) is 12.1 Å². The quantitative estimate of drug-likeness (QED) is 0.887. The minimum absolute atomic E-state index is 0.0531. The fraction of sp³-hybridized carbons (Fsp3) is 0.500. The average molecular weight is 341 g/mol. The van der Waals surface area contributed by atoms with E-state index in [1.165, 1.54) is 0 Å². The molecule has 2 unspecified atom stereocenters. The van der Waals surface area contributed by atoms with Gasteiger partial charge in [0.15, 0.2) is 0 Å². The number of pyridine rings is 1. The van der Waals surface area contributed by atoms with Crippen molar-refractivity contribution in [3.63, 3.8) is 0 Å². The summed E-state index contributed by atoms with van der Waals surface area (Å²) in [5, 5.41) is 2.01. The molecule has 1 fully saturated rings. The number of benzene rings is 1. The molecule has 2 aromatic rings. The van der Waals surface area contributed by atoms with Crippen molar-refractivity contribution in [2.24, 2.45) is 5.73 Å². The Morgan fingerprint density at radius 3 is 2.80 bits per heavy atom. The van der Waals surface area contributed by atoms with Crippen molar-refractivity contribution in [1.82, 2.24) is 4.98 Å². The van der Waals surface area contributed by atoms with E-state index in [4.69, 9.17) is 10.5 Å². The SMILES string of the molecule is CC(C)(C)OC(=O)N(c1cccc2cnccc12)C1CCCC(N)C1. The standard InChI is InChI=1S/C20H27N3O2/c1-20(2,3)25-19(24)23(16-8-5-7-15(21)12-16)18-9-4-6-14-13-22-11-10-17(14)18/h4,6,9-11,13,15-16H,5,7-8,12,21H2,1-3H3. The monoisotopic (exact) mass is 341 g/mol. The molecule has 1 heterocycles. The Balaban J connectivity index is 2.04. The molecule has 1 amide bonds. The van der Waals surface area contributed by atoms with Gasteiger partial charge in [-0.15, -0.1) is 0 Å². The number of aromatic nitrogens is 1. The number of nitrogens with two attached hydrogens (primary N) is 1. The van der Waals surface area contributed by atoms with E-state index in [0.29, 0.717) is 0 Å². The summed E-state index contributed by atoms with van der Waals surface area (Å²) in [6, 6.07) is 8.07. The molecule has 0 bridgehead atoms. The van der Waals surface area contributed by atoms with Crippen LogP contribution in [0.15, 0.2) is 36.7 Å². The van der Waals surface area contributed by atoms with Gasteiger partial charge in [0.2, 0.25) is 0 Å². The first-order valence-corrected chi connectivity index (χ1v) is 8.96. The lowest BCUT2D eigenvalue weighted by Gasteiger charge is -2.37. The van der Waals surface area contributed by atoms with E-state index < -0.39 is 5.60 Å². The van der Waals surface area contributed by atoms with Crippen LogP contribution >= 0.6 is 0 Å². The maximum atomic E-state index is 13.1. The maximum absolute atomic E-state index is 13.1. The number of hydrogen-bond donors (Lipinski definition) is 1. The Hall–Kier alpha value is -2.14. The van der Waals surface area contributed by atoms with Crippen LogP contribution in [-0.4, -0.2) is 28.8 Å². The van der Waals surface area contributed by atoms with Gasteiger partial charge in [0.05, 0.1) is 5.69 Å². The Morgan fingerprint density at radius 1 is 1.28 bits per heavy atom. The number of amides is 1. The average Bonchev–Trinajstić information content (AvgIpc) is 2.54. The third kappa shape index (κ3) is 4.10. The number of carbonyl (C=O) groups excluding carboxylic acids is 1. The second-order valence-electron chi connectivity index (χ2n) is 7.80. The molecule has 2 N–H and O–H groups in total. The van der Waals surface area contributed by atoms with Crippen molar-refractivity contribution in [3.8, 4) is 0 Å². The molecule has 1 aliphatic rings. The normalized spacial score (nSPS) is 21.1. The highest BCUT2D eigenvalue weighted by Gasteiger charge is 2.33. The topological polar surface area (TPSA) is 68.5 Å². The summed E-state index contributed by atoms with van der Waals surface area (Å²) < 4.78 is 5.72. The van der Waals surface area contributed by atoms with Gasteiger partial charge in [0, 0.05) is 35.2 Å². The number of ether oxygens (including phenoxy) is 1. The van der Waals surface area contributed by atoms with Crippen LogP contribution in [0, 0.1) is 0 Å². The molecule has 25 heavy (non-hydrogen) atoms. The maximum Gasteiger partial charge on any atom is 0.415 e. The van der Waals surface area contributed by atoms with Gasteiger partial charge >= 0.3 is 6.09 Å². The van der Waals surface area contributed by atoms with Crippen molar-refractivity contribution >= 4 is 22.6 Å². The molecular formula is C20H27N3O2. The van der Waals surface area contributed by atoms with E-state index in [9.17, 15) is 4.79 Å². The van der Waals surface area contributed by atoms with E-state index in [2.05, 4.69) is 4.98 Å². The fourth-order valence-electron chi connectivity index (χ4n) is 3.51. The number of hydrogen-bond acceptors (Lipinski definition) is 4. The highest BCUT2D eigenvalue weighted by molar-refractivity contribution is 6.01. The van der Waals surface area contributed by atoms with Crippen molar-refractivity contribution in [3.05, 3.63) is 36.7 Å². The van der Waals surface area contributed by atoms with Crippen molar-refractivity contribution in [1.29, 1.82) is 0 Å². The number of carbonyl (C=O) groups is 1. The van der Waals surface area contributed by atoms with Crippen molar-refractivity contribution in [2.45, 2.75) is 64.1 Å². The van der Waals surface area contributed by atoms with Crippen LogP contribution in [0.2, 0.25) is 0 Å². The van der Waals surface area contributed by atoms with Gasteiger partial charge in [0.1, 0.15) is 5.60 Å². The van der Waals surface area contributed by atoms with Gasteiger partial charge in [-0.25, -0.2) is 4.79 Å². The van der Waals surface area contributed by atoms with Gasteiger partial charge in [0.25, 0.3) is 0 Å². The zero-order valence-corrected chi connectivity index (χ0v) is 15.2. The predicted octanol–water partition coefficient (Wildman–Crippen LogP) is 4.25. The van der Waals surface area contributed by atoms with Crippen molar-refractivity contribution < 1.29 is 9.53 Å². The molecule has 0 radical (unpaired) electrons. The van der Waals surface area contributed by atoms with E-state index in [-0.39, 0.29) is 18.2 Å². The molecule has 134 valence electrons. The summed E-state index contributed by atoms with van der Waals surface area (Å²) in [5.74, 6) is 0. The first-order chi connectivity index (χ1) is 11.8. The second-order valence-corrected chi connectivity index (χ2v) is 7.80.